The molecule has 3 fully saturated rings. The molecular formula is C44H73NO13. The number of cyclic esters (lactones) is 1. The Bertz CT molecular complexity index is 1400. The number of esters is 1. The summed E-state index contributed by atoms with van der Waals surface area (Å²) in [5, 5.41) is 43.5. The van der Waals surface area contributed by atoms with E-state index in [1.165, 1.54) is 21.1 Å². The monoisotopic (exact) mass is 824 g/mol. The maximum Gasteiger partial charge on any atom is 0.329 e. The number of carbonyl (C=O) groups excluding carboxylic acids is 4. The highest BCUT2D eigenvalue weighted by Crippen LogP contribution is 2.39. The Morgan fingerprint density at radius 1 is 0.897 bits per heavy atom. The Morgan fingerprint density at radius 2 is 1.53 bits per heavy atom. The van der Waals surface area contributed by atoms with Gasteiger partial charge in [-0.05, 0) is 90.4 Å². The van der Waals surface area contributed by atoms with Crippen molar-refractivity contribution >= 4 is 23.4 Å². The van der Waals surface area contributed by atoms with Gasteiger partial charge in [0.05, 0.1) is 36.6 Å². The second-order valence-electron chi connectivity index (χ2n) is 17.5. The summed E-state index contributed by atoms with van der Waals surface area (Å²) >= 11 is 0. The van der Waals surface area contributed by atoms with Gasteiger partial charge in [-0.3, -0.25) is 9.59 Å². The minimum Gasteiger partial charge on any atom is -0.461 e. The number of rotatable bonds is 6. The molecule has 15 atom stereocenters. The van der Waals surface area contributed by atoms with Crippen LogP contribution in [0.3, 0.4) is 0 Å². The van der Waals surface area contributed by atoms with Gasteiger partial charge in [-0.1, -0.05) is 38.5 Å². The molecule has 4 rings (SSSR count). The van der Waals surface area contributed by atoms with E-state index in [9.17, 15) is 39.6 Å². The second kappa shape index (κ2) is 22.9. The molecule has 14 nitrogen and oxygen atoms in total. The van der Waals surface area contributed by atoms with Gasteiger partial charge in [-0.15, -0.1) is 6.58 Å². The molecule has 0 aromatic rings. The number of hydrogen-bond acceptors (Lipinski definition) is 13. The van der Waals surface area contributed by atoms with Crippen molar-refractivity contribution in [2.24, 2.45) is 29.6 Å². The van der Waals surface area contributed by atoms with E-state index in [2.05, 4.69) is 6.58 Å². The SMILES string of the molecule is C=CC1CCC(O)C(OC)C1.COC1CC(C)C/C(C)=C/C(CC(C)=O)C(O)CC(O)C(C)C(C)OC(=O)C2CCCCN2C(=O)C(=O)C2(O)OC1C(OC)CC2C. The average molecular weight is 824 g/mol. The van der Waals surface area contributed by atoms with Gasteiger partial charge >= 0.3 is 5.97 Å². The van der Waals surface area contributed by atoms with Gasteiger partial charge in [0.2, 0.25) is 5.79 Å². The Morgan fingerprint density at radius 3 is 2.14 bits per heavy atom. The number of ketones is 2. The van der Waals surface area contributed by atoms with Crippen LogP contribution in [0.5, 0.6) is 0 Å². The molecule has 0 aromatic heterocycles. The molecule has 1 aliphatic carbocycles. The van der Waals surface area contributed by atoms with Crippen molar-refractivity contribution in [3.63, 3.8) is 0 Å². The first-order chi connectivity index (χ1) is 27.3. The predicted molar refractivity (Wildman–Crippen MR) is 216 cm³/mol. The summed E-state index contributed by atoms with van der Waals surface area (Å²) < 4.78 is 28.6. The van der Waals surface area contributed by atoms with Crippen LogP contribution < -0.4 is 0 Å². The van der Waals surface area contributed by atoms with E-state index < -0.39 is 83.9 Å². The van der Waals surface area contributed by atoms with Gasteiger partial charge in [-0.25, -0.2) is 4.79 Å². The van der Waals surface area contributed by atoms with Crippen LogP contribution in [0.15, 0.2) is 24.3 Å². The maximum atomic E-state index is 13.9. The minimum absolute atomic E-state index is 0.00930. The zero-order valence-corrected chi connectivity index (χ0v) is 36.3. The summed E-state index contributed by atoms with van der Waals surface area (Å²) in [6, 6.07) is -1.06. The largest absolute Gasteiger partial charge is 0.461 e. The van der Waals surface area contributed by atoms with Crippen molar-refractivity contribution in [3.05, 3.63) is 24.3 Å². The molecule has 14 heteroatoms. The molecule has 15 unspecified atom stereocenters. The standard InChI is InChI=1S/C35H57NO11.C9H16O2/c1-19-13-20(2)15-29(44-7)31-30(45-8)16-21(3)35(43,47-31)32(40)33(41)36-12-10-9-11-26(36)34(42)46-24(6)23(5)27(38)18-28(39)25(14-19)17-22(4)37;1-3-7-4-5-8(10)9(6-7)11-2/h14,20-21,23-31,38-39,43H,9-13,15-18H2,1-8H3;3,7-10H,1,4-6H2,2H3/b19-14+;. The molecule has 3 heterocycles. The molecule has 332 valence electrons. The van der Waals surface area contributed by atoms with Gasteiger partial charge in [-0.2, -0.15) is 0 Å². The number of ether oxygens (including phenoxy) is 5. The Kier molecular flexibility index (Phi) is 19.6. The first-order valence-corrected chi connectivity index (χ1v) is 21.2. The number of Topliss-reactive ketones (excluding diaryl/α,β-unsaturated/α-hetero) is 2. The number of carbonyl (C=O) groups is 4. The molecule has 2 bridgehead atoms. The van der Waals surface area contributed by atoms with E-state index in [1.54, 1.807) is 27.9 Å². The van der Waals surface area contributed by atoms with Crippen molar-refractivity contribution in [2.75, 3.05) is 27.9 Å². The molecule has 4 aliphatic rings. The molecule has 0 spiro atoms. The van der Waals surface area contributed by atoms with E-state index in [0.29, 0.717) is 31.6 Å². The number of fused-ring (bicyclic) bond motifs is 3. The van der Waals surface area contributed by atoms with Crippen LogP contribution in [0.25, 0.3) is 0 Å². The van der Waals surface area contributed by atoms with Gasteiger partial charge in [0.25, 0.3) is 11.7 Å². The van der Waals surface area contributed by atoms with Crippen LogP contribution in [0.4, 0.5) is 0 Å². The summed E-state index contributed by atoms with van der Waals surface area (Å²) in [5.74, 6) is -6.84. The van der Waals surface area contributed by atoms with Crippen molar-refractivity contribution in [1.29, 1.82) is 0 Å². The first-order valence-electron chi connectivity index (χ1n) is 21.2. The van der Waals surface area contributed by atoms with E-state index >= 15 is 0 Å². The van der Waals surface area contributed by atoms with Crippen LogP contribution in [0.1, 0.15) is 112 Å². The fourth-order valence-corrected chi connectivity index (χ4v) is 8.96. The summed E-state index contributed by atoms with van der Waals surface area (Å²) in [4.78, 5) is 54.5. The number of allylic oxidation sites excluding steroid dienone is 2. The van der Waals surface area contributed by atoms with Crippen molar-refractivity contribution in [1.82, 2.24) is 4.90 Å². The smallest absolute Gasteiger partial charge is 0.329 e. The molecule has 1 amide bonds. The van der Waals surface area contributed by atoms with E-state index in [-0.39, 0.29) is 56.1 Å². The lowest BCUT2D eigenvalue weighted by molar-refractivity contribution is -0.302. The molecule has 0 radical (unpaired) electrons. The fourth-order valence-electron chi connectivity index (χ4n) is 8.96. The van der Waals surface area contributed by atoms with Gasteiger partial charge < -0.3 is 53.8 Å². The van der Waals surface area contributed by atoms with Gasteiger partial charge in [0.15, 0.2) is 0 Å². The van der Waals surface area contributed by atoms with Crippen LogP contribution in [0, 0.1) is 29.6 Å². The first kappa shape index (κ1) is 49.8. The quantitative estimate of drug-likeness (QED) is 0.170. The molecule has 2 saturated heterocycles. The molecule has 58 heavy (non-hydrogen) atoms. The lowest BCUT2D eigenvalue weighted by Crippen LogP contribution is -2.64. The highest BCUT2D eigenvalue weighted by atomic mass is 16.7. The fraction of sp³-hybridized carbons (Fsp3) is 0.818. The summed E-state index contributed by atoms with van der Waals surface area (Å²) in [5.41, 5.74) is 0.934. The number of aliphatic hydroxyl groups is 4. The molecule has 1 saturated carbocycles. The van der Waals surface area contributed by atoms with Crippen LogP contribution in [-0.4, -0.2) is 137 Å². The third-order valence-electron chi connectivity index (χ3n) is 12.9. The van der Waals surface area contributed by atoms with E-state index in [4.69, 9.17) is 23.7 Å². The van der Waals surface area contributed by atoms with Crippen molar-refractivity contribution in [3.8, 4) is 0 Å². The van der Waals surface area contributed by atoms with Gasteiger partial charge in [0, 0.05) is 58.5 Å². The molecule has 4 N–H and O–H groups in total. The third-order valence-corrected chi connectivity index (χ3v) is 12.9. The van der Waals surface area contributed by atoms with Crippen molar-refractivity contribution < 1.29 is 63.3 Å². The van der Waals surface area contributed by atoms with Crippen molar-refractivity contribution in [2.45, 2.75) is 173 Å². The molecular weight excluding hydrogens is 750 g/mol. The molecule has 3 aliphatic heterocycles. The number of hydrogen-bond donors (Lipinski definition) is 4. The maximum absolute atomic E-state index is 13.9. The summed E-state index contributed by atoms with van der Waals surface area (Å²) in [7, 11) is 4.68. The highest BCUT2D eigenvalue weighted by molar-refractivity contribution is 6.39. The number of amides is 1. The molecule has 0 aromatic carbocycles. The number of nitrogens with zero attached hydrogens (tertiary/aromatic N) is 1. The second-order valence-corrected chi connectivity index (χ2v) is 17.5. The zero-order valence-electron chi connectivity index (χ0n) is 36.3. The normalized spacial score (nSPS) is 41.0. The summed E-state index contributed by atoms with van der Waals surface area (Å²) in [6.45, 7) is 14.2. The van der Waals surface area contributed by atoms with Crippen LogP contribution >= 0.6 is 0 Å². The zero-order chi connectivity index (χ0) is 43.5. The topological polar surface area (TPSA) is 199 Å². The summed E-state index contributed by atoms with van der Waals surface area (Å²) in [6.07, 6.45) is 4.26. The third kappa shape index (κ3) is 13.0. The minimum atomic E-state index is -2.47. The highest BCUT2D eigenvalue weighted by Gasteiger charge is 2.56. The van der Waals surface area contributed by atoms with E-state index in [0.717, 1.165) is 29.7 Å². The van der Waals surface area contributed by atoms with Crippen LogP contribution in [-0.2, 0) is 42.9 Å². The number of methoxy groups -OCH3 is 3. The Labute approximate surface area is 345 Å². The number of aliphatic hydroxyl groups excluding tert-OH is 3. The average Bonchev–Trinajstić information content (AvgIpc) is 3.19. The van der Waals surface area contributed by atoms with Crippen LogP contribution in [0.2, 0.25) is 0 Å². The van der Waals surface area contributed by atoms with Gasteiger partial charge in [0.1, 0.15) is 24.0 Å². The predicted octanol–water partition coefficient (Wildman–Crippen LogP) is 4.08. The lowest BCUT2D eigenvalue weighted by atomic mass is 9.82. The number of piperidine rings is 1. The van der Waals surface area contributed by atoms with E-state index in [1.807, 2.05) is 26.0 Å². The Balaban J connectivity index is 0.000000703. The Hall–Kier alpha value is -2.56. The lowest BCUT2D eigenvalue weighted by Gasteiger charge is -2.47.